The molecule has 0 spiro atoms. The van der Waals surface area contributed by atoms with Gasteiger partial charge in [-0.2, -0.15) is 27.1 Å². The zero-order chi connectivity index (χ0) is 25.9. The maximum atomic E-state index is 13.5. The van der Waals surface area contributed by atoms with Crippen molar-refractivity contribution in [1.29, 1.82) is 0 Å². The maximum Gasteiger partial charge on any atom is 0.453 e. The van der Waals surface area contributed by atoms with Crippen LogP contribution in [0.3, 0.4) is 0 Å². The largest absolute Gasteiger partial charge is 0.453 e. The molecule has 1 aliphatic rings. The first-order valence-corrected chi connectivity index (χ1v) is 9.84. The molecule has 3 aromatic heterocycles. The number of alkyl halides is 5. The number of aromatic nitrogens is 6. The van der Waals surface area contributed by atoms with E-state index in [0.29, 0.717) is 0 Å². The van der Waals surface area contributed by atoms with Crippen LogP contribution in [0, 0.1) is 0 Å². The van der Waals surface area contributed by atoms with Crippen LogP contribution in [0.2, 0.25) is 0 Å². The van der Waals surface area contributed by atoms with Crippen LogP contribution in [-0.2, 0) is 28.5 Å². The Labute approximate surface area is 192 Å². The number of nitrogens with two attached hydrogens (primary N) is 2. The Kier molecular flexibility index (Phi) is 5.34. The second kappa shape index (κ2) is 7.76. The number of nitrogens with zero attached hydrogens (tertiary/aromatic N) is 6. The summed E-state index contributed by atoms with van der Waals surface area (Å²) < 4.78 is 65.9. The van der Waals surface area contributed by atoms with Crippen molar-refractivity contribution >= 4 is 34.5 Å². The first kappa shape index (κ1) is 24.1. The first-order valence-electron chi connectivity index (χ1n) is 9.84. The van der Waals surface area contributed by atoms with E-state index in [9.17, 15) is 31.5 Å². The van der Waals surface area contributed by atoms with E-state index in [0.717, 1.165) is 0 Å². The highest BCUT2D eigenvalue weighted by Gasteiger charge is 2.56. The minimum atomic E-state index is -5.73. The highest BCUT2D eigenvalue weighted by Crippen LogP contribution is 2.41. The smallest absolute Gasteiger partial charge is 0.383 e. The average molecular weight is 500 g/mol. The molecule has 17 heteroatoms. The van der Waals surface area contributed by atoms with Gasteiger partial charge in [0.15, 0.2) is 16.9 Å². The van der Waals surface area contributed by atoms with Crippen LogP contribution in [0.1, 0.15) is 24.7 Å². The Morgan fingerprint density at radius 1 is 1.20 bits per heavy atom. The SMILES string of the molecule is Cn1ncc2c(-c3nc(N)c4c(n3)NC(=O)C4(C)C(=O)NN)nc(CCC(F)(F)C(F)(F)F)nc21. The van der Waals surface area contributed by atoms with Gasteiger partial charge in [0.05, 0.1) is 17.1 Å². The summed E-state index contributed by atoms with van der Waals surface area (Å²) in [5, 5.41) is 6.65. The van der Waals surface area contributed by atoms with Gasteiger partial charge in [0, 0.05) is 19.9 Å². The van der Waals surface area contributed by atoms with Gasteiger partial charge in [0.25, 0.3) is 5.91 Å². The number of carbonyl (C=O) groups excluding carboxylic acids is 2. The fraction of sp³-hybridized carbons (Fsp3) is 0.389. The molecule has 0 bridgehead atoms. The van der Waals surface area contributed by atoms with Gasteiger partial charge in [0.1, 0.15) is 23.2 Å². The zero-order valence-electron chi connectivity index (χ0n) is 18.0. The second-order valence-electron chi connectivity index (χ2n) is 7.90. The van der Waals surface area contributed by atoms with Crippen molar-refractivity contribution in [1.82, 2.24) is 35.1 Å². The van der Waals surface area contributed by atoms with Crippen LogP contribution in [0.15, 0.2) is 6.20 Å². The van der Waals surface area contributed by atoms with Crippen LogP contribution in [-0.4, -0.2) is 53.6 Å². The molecule has 0 saturated carbocycles. The molecule has 0 aliphatic carbocycles. The van der Waals surface area contributed by atoms with E-state index >= 15 is 0 Å². The lowest BCUT2D eigenvalue weighted by atomic mass is 9.83. The average Bonchev–Trinajstić information content (AvgIpc) is 3.28. The number of nitrogens with one attached hydrogen (secondary N) is 2. The number of anilines is 2. The number of hydrogen-bond acceptors (Lipinski definition) is 9. The van der Waals surface area contributed by atoms with E-state index in [1.807, 2.05) is 5.43 Å². The summed E-state index contributed by atoms with van der Waals surface area (Å²) in [4.78, 5) is 41.2. The van der Waals surface area contributed by atoms with Crippen molar-refractivity contribution in [3.8, 4) is 11.5 Å². The summed E-state index contributed by atoms with van der Waals surface area (Å²) in [7, 11) is 1.47. The number of nitrogen functional groups attached to an aromatic ring is 1. The van der Waals surface area contributed by atoms with Gasteiger partial charge in [-0.05, 0) is 6.92 Å². The van der Waals surface area contributed by atoms with E-state index in [4.69, 9.17) is 11.6 Å². The van der Waals surface area contributed by atoms with Gasteiger partial charge in [0.2, 0.25) is 5.91 Å². The third-order valence-electron chi connectivity index (χ3n) is 5.64. The van der Waals surface area contributed by atoms with Crippen LogP contribution in [0.4, 0.5) is 33.6 Å². The highest BCUT2D eigenvalue weighted by molar-refractivity contribution is 6.20. The molecule has 35 heavy (non-hydrogen) atoms. The van der Waals surface area contributed by atoms with Gasteiger partial charge in [-0.15, -0.1) is 0 Å². The molecule has 12 nitrogen and oxygen atoms in total. The molecule has 1 atom stereocenters. The van der Waals surface area contributed by atoms with Crippen LogP contribution >= 0.6 is 0 Å². The van der Waals surface area contributed by atoms with Crippen molar-refractivity contribution in [2.45, 2.75) is 37.3 Å². The quantitative estimate of drug-likeness (QED) is 0.129. The molecule has 0 saturated heterocycles. The van der Waals surface area contributed by atoms with Crippen molar-refractivity contribution in [2.75, 3.05) is 11.1 Å². The van der Waals surface area contributed by atoms with Crippen molar-refractivity contribution < 1.29 is 31.5 Å². The van der Waals surface area contributed by atoms with Crippen LogP contribution in [0.25, 0.3) is 22.6 Å². The normalized spacial score (nSPS) is 18.0. The Morgan fingerprint density at radius 2 is 1.89 bits per heavy atom. The third-order valence-corrected chi connectivity index (χ3v) is 5.64. The highest BCUT2D eigenvalue weighted by atomic mass is 19.4. The van der Waals surface area contributed by atoms with Gasteiger partial charge < -0.3 is 11.1 Å². The molecule has 4 heterocycles. The van der Waals surface area contributed by atoms with Crippen molar-refractivity contribution in [3.05, 3.63) is 17.6 Å². The molecule has 6 N–H and O–H groups in total. The molecule has 1 aliphatic heterocycles. The number of hydrogen-bond donors (Lipinski definition) is 4. The van der Waals surface area contributed by atoms with Crippen molar-refractivity contribution in [3.63, 3.8) is 0 Å². The zero-order valence-corrected chi connectivity index (χ0v) is 18.0. The Hall–Kier alpha value is -4.02. The number of rotatable bonds is 5. The van der Waals surface area contributed by atoms with E-state index in [-0.39, 0.29) is 45.6 Å². The third kappa shape index (κ3) is 3.67. The van der Waals surface area contributed by atoms with E-state index in [2.05, 4.69) is 30.4 Å². The molecule has 0 fully saturated rings. The lowest BCUT2D eigenvalue weighted by molar-refractivity contribution is -0.284. The van der Waals surface area contributed by atoms with E-state index in [1.54, 1.807) is 0 Å². The van der Waals surface area contributed by atoms with Gasteiger partial charge in [-0.3, -0.25) is 19.7 Å². The summed E-state index contributed by atoms with van der Waals surface area (Å²) in [5.41, 5.74) is 6.07. The van der Waals surface area contributed by atoms with E-state index < -0.39 is 42.2 Å². The molecule has 4 rings (SSSR count). The fourth-order valence-electron chi connectivity index (χ4n) is 3.63. The molecule has 186 valence electrons. The number of amides is 2. The maximum absolute atomic E-state index is 13.5. The molecular weight excluding hydrogens is 483 g/mol. The van der Waals surface area contributed by atoms with Crippen LogP contribution < -0.4 is 22.3 Å². The molecule has 3 aromatic rings. The number of carbonyl (C=O) groups is 2. The summed E-state index contributed by atoms with van der Waals surface area (Å²) in [6.07, 6.45) is -6.83. The standard InChI is InChI=1S/C18H17F5N10O2/c1-16(15(35)32-25)8-10(24)29-12(30-11(8)31-14(16)34)9-6-5-26-33(2)13(6)28-7(27-9)3-4-17(19,20)18(21,22)23/h5H,3-4,25H2,1-2H3,(H,32,35)(H3,24,29,30,31,34). The number of hydrazine groups is 1. The molecule has 2 amide bonds. The lowest BCUT2D eigenvalue weighted by Crippen LogP contribution is -2.49. The van der Waals surface area contributed by atoms with Gasteiger partial charge in [-0.25, -0.2) is 25.8 Å². The molecular formula is C18H17F5N10O2. The lowest BCUT2D eigenvalue weighted by Gasteiger charge is -2.20. The summed E-state index contributed by atoms with van der Waals surface area (Å²) in [6, 6.07) is 0. The summed E-state index contributed by atoms with van der Waals surface area (Å²) in [6.45, 7) is 1.26. The Morgan fingerprint density at radius 3 is 2.51 bits per heavy atom. The first-order chi connectivity index (χ1) is 16.2. The molecule has 0 radical (unpaired) electrons. The number of halogens is 5. The fourth-order valence-corrected chi connectivity index (χ4v) is 3.63. The van der Waals surface area contributed by atoms with E-state index in [1.165, 1.54) is 24.9 Å². The van der Waals surface area contributed by atoms with Crippen LogP contribution in [0.5, 0.6) is 0 Å². The monoisotopic (exact) mass is 500 g/mol. The van der Waals surface area contributed by atoms with Crippen molar-refractivity contribution in [2.24, 2.45) is 12.9 Å². The predicted octanol–water partition coefficient (Wildman–Crippen LogP) is 0.732. The number of aryl methyl sites for hydroxylation is 2. The van der Waals surface area contributed by atoms with Gasteiger partial charge >= 0.3 is 12.1 Å². The minimum Gasteiger partial charge on any atom is -0.383 e. The predicted molar refractivity (Wildman–Crippen MR) is 109 cm³/mol. The molecule has 0 aromatic carbocycles. The second-order valence-corrected chi connectivity index (χ2v) is 7.90. The Balaban J connectivity index is 1.83. The topological polar surface area (TPSA) is 180 Å². The summed E-state index contributed by atoms with van der Waals surface area (Å²) >= 11 is 0. The molecule has 1 unspecified atom stereocenters. The Bertz CT molecular complexity index is 1370. The summed E-state index contributed by atoms with van der Waals surface area (Å²) in [5.74, 6) is -2.38. The minimum absolute atomic E-state index is 0.0456. The number of fused-ring (bicyclic) bond motifs is 2. The van der Waals surface area contributed by atoms with Gasteiger partial charge in [-0.1, -0.05) is 0 Å².